The zero-order chi connectivity index (χ0) is 14.5. The average Bonchev–Trinajstić information content (AvgIpc) is 2.73. The predicted octanol–water partition coefficient (Wildman–Crippen LogP) is 2.03. The third-order valence-electron chi connectivity index (χ3n) is 1.94. The Morgan fingerprint density at radius 3 is 2.68 bits per heavy atom. The molecule has 0 aliphatic carbocycles. The molecule has 0 N–H and O–H groups in total. The smallest absolute Gasteiger partial charge is 0.419 e. The highest BCUT2D eigenvalue weighted by molar-refractivity contribution is 7.80. The van der Waals surface area contributed by atoms with Gasteiger partial charge in [0.25, 0.3) is 0 Å². The van der Waals surface area contributed by atoms with Gasteiger partial charge in [0.2, 0.25) is 0 Å². The minimum absolute atomic E-state index is 0.0302. The summed E-state index contributed by atoms with van der Waals surface area (Å²) in [4.78, 5) is 26.8. The van der Waals surface area contributed by atoms with E-state index in [-0.39, 0.29) is 19.0 Å². The van der Waals surface area contributed by atoms with Crippen molar-refractivity contribution in [2.75, 3.05) is 5.75 Å². The molecule has 0 aliphatic heterocycles. The van der Waals surface area contributed by atoms with Crippen molar-refractivity contribution in [3.05, 3.63) is 18.2 Å². The highest BCUT2D eigenvalue weighted by atomic mass is 32.1. The average molecular weight is 286 g/mol. The van der Waals surface area contributed by atoms with Crippen molar-refractivity contribution >= 4 is 24.7 Å². The maximum atomic E-state index is 11.7. The van der Waals surface area contributed by atoms with Crippen molar-refractivity contribution in [3.63, 3.8) is 0 Å². The number of aromatic nitrogens is 2. The molecule has 1 aromatic rings. The molecular formula is C12H18N2O4S. The van der Waals surface area contributed by atoms with Crippen molar-refractivity contribution in [1.82, 2.24) is 9.55 Å². The van der Waals surface area contributed by atoms with E-state index in [1.165, 1.54) is 17.1 Å². The molecule has 0 bridgehead atoms. The van der Waals surface area contributed by atoms with Crippen LogP contribution in [0.4, 0.5) is 4.79 Å². The normalized spacial score (nSPS) is 11.2. The number of thiol groups is 1. The minimum atomic E-state index is -0.569. The number of hydrogen-bond donors (Lipinski definition) is 1. The molecule has 6 nitrogen and oxygen atoms in total. The van der Waals surface area contributed by atoms with Crippen LogP contribution in [-0.4, -0.2) is 33.0 Å². The number of rotatable bonds is 4. The molecule has 0 saturated heterocycles. The minimum Gasteiger partial charge on any atom is -0.459 e. The number of carbonyl (C=O) groups excluding carboxylic acids is 2. The fourth-order valence-electron chi connectivity index (χ4n) is 1.17. The highest BCUT2D eigenvalue weighted by Crippen LogP contribution is 2.09. The van der Waals surface area contributed by atoms with Gasteiger partial charge in [-0.2, -0.15) is 12.6 Å². The first kappa shape index (κ1) is 15.6. The van der Waals surface area contributed by atoms with E-state index in [9.17, 15) is 9.59 Å². The quantitative estimate of drug-likeness (QED) is 0.677. The SMILES string of the molecule is CC(C)(C)OC(=O)n1cnc(COC(=O)CCS)c1. The Bertz CT molecular complexity index is 451. The summed E-state index contributed by atoms with van der Waals surface area (Å²) in [6.45, 7) is 5.37. The second-order valence-corrected chi connectivity index (χ2v) is 5.33. The summed E-state index contributed by atoms with van der Waals surface area (Å²) < 4.78 is 11.3. The second-order valence-electron chi connectivity index (χ2n) is 4.89. The van der Waals surface area contributed by atoms with Gasteiger partial charge in [-0.3, -0.25) is 4.79 Å². The molecule has 7 heteroatoms. The molecule has 0 aromatic carbocycles. The zero-order valence-corrected chi connectivity index (χ0v) is 12.1. The van der Waals surface area contributed by atoms with Crippen LogP contribution in [0.15, 0.2) is 12.5 Å². The van der Waals surface area contributed by atoms with Gasteiger partial charge in [0.05, 0.1) is 12.1 Å². The molecule has 0 atom stereocenters. The lowest BCUT2D eigenvalue weighted by Crippen LogP contribution is -2.26. The van der Waals surface area contributed by atoms with E-state index in [0.717, 1.165) is 0 Å². The molecule has 106 valence electrons. The first-order chi connectivity index (χ1) is 8.81. The summed E-state index contributed by atoms with van der Waals surface area (Å²) in [5.41, 5.74) is -0.0843. The lowest BCUT2D eigenvalue weighted by Gasteiger charge is -2.19. The van der Waals surface area contributed by atoms with Crippen LogP contribution >= 0.6 is 12.6 Å². The standard InChI is InChI=1S/C12H18N2O4S/c1-12(2,3)18-11(16)14-6-9(13-8-14)7-17-10(15)4-5-19/h6,8,19H,4-5,7H2,1-3H3. The van der Waals surface area contributed by atoms with E-state index >= 15 is 0 Å². The Morgan fingerprint density at radius 2 is 2.11 bits per heavy atom. The van der Waals surface area contributed by atoms with E-state index < -0.39 is 11.7 Å². The first-order valence-corrected chi connectivity index (χ1v) is 6.48. The molecule has 0 spiro atoms. The van der Waals surface area contributed by atoms with Crippen molar-refractivity contribution in [3.8, 4) is 0 Å². The van der Waals surface area contributed by atoms with Crippen molar-refractivity contribution < 1.29 is 19.1 Å². The summed E-state index contributed by atoms with van der Waals surface area (Å²) in [5, 5.41) is 0. The van der Waals surface area contributed by atoms with Gasteiger partial charge in [-0.15, -0.1) is 0 Å². The molecule has 0 fully saturated rings. The molecule has 0 radical (unpaired) electrons. The molecule has 0 saturated carbocycles. The van der Waals surface area contributed by atoms with Crippen LogP contribution in [0.3, 0.4) is 0 Å². The van der Waals surface area contributed by atoms with Crippen LogP contribution in [0.1, 0.15) is 32.9 Å². The highest BCUT2D eigenvalue weighted by Gasteiger charge is 2.18. The van der Waals surface area contributed by atoms with E-state index in [0.29, 0.717) is 11.4 Å². The Kier molecular flexibility index (Phi) is 5.41. The van der Waals surface area contributed by atoms with Crippen molar-refractivity contribution in [1.29, 1.82) is 0 Å². The van der Waals surface area contributed by atoms with Gasteiger partial charge in [-0.05, 0) is 20.8 Å². The Balaban J connectivity index is 2.53. The summed E-state index contributed by atoms with van der Waals surface area (Å²) in [5.74, 6) is 0.0902. The molecule has 0 amide bonds. The van der Waals surface area contributed by atoms with Gasteiger partial charge < -0.3 is 9.47 Å². The molecular weight excluding hydrogens is 268 g/mol. The molecule has 19 heavy (non-hydrogen) atoms. The van der Waals surface area contributed by atoms with Gasteiger partial charge in [0, 0.05) is 11.9 Å². The molecule has 0 aliphatic rings. The molecule has 1 rings (SSSR count). The van der Waals surface area contributed by atoms with E-state index in [1.54, 1.807) is 20.8 Å². The van der Waals surface area contributed by atoms with Gasteiger partial charge in [-0.25, -0.2) is 14.3 Å². The van der Waals surface area contributed by atoms with Crippen LogP contribution in [-0.2, 0) is 20.9 Å². The maximum absolute atomic E-state index is 11.7. The zero-order valence-electron chi connectivity index (χ0n) is 11.3. The Labute approximate surface area is 117 Å². The lowest BCUT2D eigenvalue weighted by molar-refractivity contribution is -0.144. The van der Waals surface area contributed by atoms with Crippen molar-refractivity contribution in [2.24, 2.45) is 0 Å². The number of imidazole rings is 1. The number of ether oxygens (including phenoxy) is 2. The maximum Gasteiger partial charge on any atom is 0.419 e. The van der Waals surface area contributed by atoms with Gasteiger partial charge in [0.1, 0.15) is 18.5 Å². The fraction of sp³-hybridized carbons (Fsp3) is 0.583. The summed E-state index contributed by atoms with van der Waals surface area (Å²) in [6, 6.07) is 0. The van der Waals surface area contributed by atoms with Crippen LogP contribution in [0.2, 0.25) is 0 Å². The third-order valence-corrected chi connectivity index (χ3v) is 2.16. The van der Waals surface area contributed by atoms with Gasteiger partial charge >= 0.3 is 12.1 Å². The van der Waals surface area contributed by atoms with E-state index in [1.807, 2.05) is 0 Å². The fourth-order valence-corrected chi connectivity index (χ4v) is 1.35. The topological polar surface area (TPSA) is 70.4 Å². The monoisotopic (exact) mass is 286 g/mol. The summed E-state index contributed by atoms with van der Waals surface area (Å²) >= 11 is 3.93. The summed E-state index contributed by atoms with van der Waals surface area (Å²) in [7, 11) is 0. The Hall–Kier alpha value is -1.50. The lowest BCUT2D eigenvalue weighted by atomic mass is 10.2. The van der Waals surface area contributed by atoms with Crippen LogP contribution in [0.5, 0.6) is 0 Å². The van der Waals surface area contributed by atoms with E-state index in [4.69, 9.17) is 9.47 Å². The second kappa shape index (κ2) is 6.60. The van der Waals surface area contributed by atoms with E-state index in [2.05, 4.69) is 17.6 Å². The van der Waals surface area contributed by atoms with Crippen LogP contribution in [0.25, 0.3) is 0 Å². The summed E-state index contributed by atoms with van der Waals surface area (Å²) in [6.07, 6.45) is 2.53. The Morgan fingerprint density at radius 1 is 1.42 bits per heavy atom. The number of carbonyl (C=O) groups is 2. The third kappa shape index (κ3) is 5.78. The number of esters is 1. The number of nitrogens with zero attached hydrogens (tertiary/aromatic N) is 2. The molecule has 1 aromatic heterocycles. The van der Waals surface area contributed by atoms with Crippen LogP contribution in [0, 0.1) is 0 Å². The van der Waals surface area contributed by atoms with Crippen molar-refractivity contribution in [2.45, 2.75) is 39.4 Å². The van der Waals surface area contributed by atoms with Gasteiger partial charge in [0.15, 0.2) is 0 Å². The molecule has 1 heterocycles. The number of hydrogen-bond acceptors (Lipinski definition) is 6. The first-order valence-electron chi connectivity index (χ1n) is 5.84. The van der Waals surface area contributed by atoms with Gasteiger partial charge in [-0.1, -0.05) is 0 Å². The predicted molar refractivity (Wildman–Crippen MR) is 72.1 cm³/mol. The molecule has 0 unspecified atom stereocenters. The largest absolute Gasteiger partial charge is 0.459 e. The van der Waals surface area contributed by atoms with Crippen LogP contribution < -0.4 is 0 Å².